The molecule has 2 amide bonds. The van der Waals surface area contributed by atoms with Crippen LogP contribution in [0.4, 0.5) is 4.79 Å². The van der Waals surface area contributed by atoms with Gasteiger partial charge < -0.3 is 9.16 Å². The molecule has 41 heavy (non-hydrogen) atoms. The summed E-state index contributed by atoms with van der Waals surface area (Å²) in [6.45, 7) is 7.00. The normalized spacial score (nSPS) is 15.4. The standard InChI is InChI=1S/C35H37NO4Si/c1-35(2,3)41(31-15-9-5-10-16-31,32-17-11-6-12-18-32)40-30-22-19-27(20-23-30)21-24-33(37)36-29(26-39-34(36)38)25-28-13-7-4-8-14-28/h4-20,22-23,29H,21,24-26H2,1-3H3/t29-/m1/s1. The highest BCUT2D eigenvalue weighted by Crippen LogP contribution is 2.37. The minimum Gasteiger partial charge on any atom is -0.534 e. The third-order valence-electron chi connectivity index (χ3n) is 7.78. The fourth-order valence-corrected chi connectivity index (χ4v) is 10.1. The molecule has 1 aliphatic heterocycles. The number of rotatable bonds is 9. The topological polar surface area (TPSA) is 55.8 Å². The van der Waals surface area contributed by atoms with Crippen LogP contribution in [-0.4, -0.2) is 37.9 Å². The summed E-state index contributed by atoms with van der Waals surface area (Å²) in [4.78, 5) is 26.8. The molecule has 0 aliphatic carbocycles. The molecule has 0 aromatic heterocycles. The second-order valence-electron chi connectivity index (χ2n) is 11.6. The van der Waals surface area contributed by atoms with Crippen LogP contribution in [-0.2, 0) is 22.4 Å². The first kappa shape index (κ1) is 28.4. The average molecular weight is 564 g/mol. The zero-order chi connectivity index (χ0) is 28.9. The maximum atomic E-state index is 13.1. The van der Waals surface area contributed by atoms with E-state index in [9.17, 15) is 9.59 Å². The Morgan fingerprint density at radius 3 is 1.88 bits per heavy atom. The number of hydrogen-bond acceptors (Lipinski definition) is 4. The summed E-state index contributed by atoms with van der Waals surface area (Å²) in [5.74, 6) is 0.599. The maximum Gasteiger partial charge on any atom is 0.416 e. The summed E-state index contributed by atoms with van der Waals surface area (Å²) in [6, 6.07) is 38.7. The number of hydrogen-bond donors (Lipinski definition) is 0. The van der Waals surface area contributed by atoms with Gasteiger partial charge in [0, 0.05) is 6.42 Å². The molecular formula is C35H37NO4Si. The second kappa shape index (κ2) is 12.1. The van der Waals surface area contributed by atoms with Gasteiger partial charge >= 0.3 is 14.4 Å². The predicted molar refractivity (Wildman–Crippen MR) is 165 cm³/mol. The van der Waals surface area contributed by atoms with E-state index in [4.69, 9.17) is 9.16 Å². The molecule has 0 N–H and O–H groups in total. The summed E-state index contributed by atoms with van der Waals surface area (Å²) >= 11 is 0. The first-order valence-electron chi connectivity index (χ1n) is 14.2. The molecule has 5 rings (SSSR count). The number of benzene rings is 4. The van der Waals surface area contributed by atoms with Crippen LogP contribution in [0.1, 0.15) is 38.3 Å². The van der Waals surface area contributed by atoms with Crippen LogP contribution in [0.3, 0.4) is 0 Å². The third kappa shape index (κ3) is 6.13. The molecule has 0 bridgehead atoms. The van der Waals surface area contributed by atoms with E-state index < -0.39 is 14.4 Å². The van der Waals surface area contributed by atoms with E-state index in [0.29, 0.717) is 12.8 Å². The molecule has 0 radical (unpaired) electrons. The number of carbonyl (C=O) groups excluding carboxylic acids is 2. The van der Waals surface area contributed by atoms with Gasteiger partial charge in [-0.1, -0.05) is 124 Å². The van der Waals surface area contributed by atoms with Crippen molar-refractivity contribution < 1.29 is 18.8 Å². The molecule has 1 aliphatic rings. The highest BCUT2D eigenvalue weighted by molar-refractivity contribution is 7.00. The van der Waals surface area contributed by atoms with Crippen LogP contribution < -0.4 is 14.8 Å². The Balaban J connectivity index is 1.31. The Labute approximate surface area is 243 Å². The summed E-state index contributed by atoms with van der Waals surface area (Å²) in [5, 5.41) is 2.30. The van der Waals surface area contributed by atoms with Crippen molar-refractivity contribution in [2.75, 3.05) is 6.61 Å². The Kier molecular flexibility index (Phi) is 8.40. The van der Waals surface area contributed by atoms with Crippen LogP contribution in [0, 0.1) is 0 Å². The number of carbonyl (C=O) groups is 2. The smallest absolute Gasteiger partial charge is 0.416 e. The largest absolute Gasteiger partial charge is 0.534 e. The summed E-state index contributed by atoms with van der Waals surface area (Å²) in [5.41, 5.74) is 2.09. The van der Waals surface area contributed by atoms with Gasteiger partial charge in [0.05, 0.1) is 6.04 Å². The molecule has 4 aromatic carbocycles. The van der Waals surface area contributed by atoms with Crippen molar-refractivity contribution in [3.63, 3.8) is 0 Å². The van der Waals surface area contributed by atoms with Gasteiger partial charge in [-0.2, -0.15) is 0 Å². The minimum atomic E-state index is -2.72. The molecule has 1 atom stereocenters. The van der Waals surface area contributed by atoms with Gasteiger partial charge in [0.2, 0.25) is 5.91 Å². The lowest BCUT2D eigenvalue weighted by Gasteiger charge is -2.43. The molecule has 1 heterocycles. The Morgan fingerprint density at radius 2 is 1.34 bits per heavy atom. The summed E-state index contributed by atoms with van der Waals surface area (Å²) in [7, 11) is -2.72. The van der Waals surface area contributed by atoms with Gasteiger partial charge in [-0.15, -0.1) is 0 Å². The highest BCUT2D eigenvalue weighted by Gasteiger charge is 2.52. The molecule has 0 unspecified atom stereocenters. The predicted octanol–water partition coefficient (Wildman–Crippen LogP) is 6.15. The van der Waals surface area contributed by atoms with E-state index in [1.165, 1.54) is 15.3 Å². The van der Waals surface area contributed by atoms with Crippen LogP contribution in [0.2, 0.25) is 5.04 Å². The summed E-state index contributed by atoms with van der Waals surface area (Å²) in [6.07, 6.45) is 0.798. The molecule has 210 valence electrons. The van der Waals surface area contributed by atoms with E-state index >= 15 is 0 Å². The van der Waals surface area contributed by atoms with Crippen LogP contribution in [0.25, 0.3) is 0 Å². The molecule has 0 saturated carbocycles. The van der Waals surface area contributed by atoms with Gasteiger partial charge in [-0.05, 0) is 51.5 Å². The van der Waals surface area contributed by atoms with Crippen molar-refractivity contribution in [1.29, 1.82) is 0 Å². The van der Waals surface area contributed by atoms with E-state index in [2.05, 4.69) is 69.3 Å². The number of nitrogens with zero attached hydrogens (tertiary/aromatic N) is 1. The highest BCUT2D eigenvalue weighted by atomic mass is 28.4. The average Bonchev–Trinajstić information content (AvgIpc) is 3.35. The van der Waals surface area contributed by atoms with Crippen molar-refractivity contribution >= 4 is 30.7 Å². The van der Waals surface area contributed by atoms with Crippen molar-refractivity contribution in [3.05, 3.63) is 126 Å². The molecule has 1 saturated heterocycles. The summed E-state index contributed by atoms with van der Waals surface area (Å²) < 4.78 is 12.3. The van der Waals surface area contributed by atoms with Gasteiger partial charge in [0.25, 0.3) is 0 Å². The van der Waals surface area contributed by atoms with Crippen LogP contribution in [0.5, 0.6) is 5.75 Å². The van der Waals surface area contributed by atoms with Gasteiger partial charge in [0.1, 0.15) is 12.4 Å². The maximum absolute atomic E-state index is 13.1. The minimum absolute atomic E-state index is 0.137. The molecular weight excluding hydrogens is 526 g/mol. The monoisotopic (exact) mass is 563 g/mol. The van der Waals surface area contributed by atoms with E-state index in [0.717, 1.165) is 16.9 Å². The van der Waals surface area contributed by atoms with Gasteiger partial charge in [0.15, 0.2) is 0 Å². The lowest BCUT2D eigenvalue weighted by atomic mass is 10.0. The lowest BCUT2D eigenvalue weighted by molar-refractivity contribution is -0.129. The van der Waals surface area contributed by atoms with E-state index in [1.54, 1.807) is 0 Å². The van der Waals surface area contributed by atoms with Crippen molar-refractivity contribution in [3.8, 4) is 5.75 Å². The Bertz CT molecular complexity index is 1410. The lowest BCUT2D eigenvalue weighted by Crippen LogP contribution is -2.68. The molecule has 0 spiro atoms. The Hall–Kier alpha value is -4.16. The molecule has 1 fully saturated rings. The van der Waals surface area contributed by atoms with Crippen LogP contribution in [0.15, 0.2) is 115 Å². The van der Waals surface area contributed by atoms with Gasteiger partial charge in [-0.25, -0.2) is 9.69 Å². The SMILES string of the molecule is CC(C)(C)[Si](Oc1ccc(CCC(=O)N2C(=O)OC[C@H]2Cc2ccccc2)cc1)(c1ccccc1)c1ccccc1. The first-order chi connectivity index (χ1) is 19.8. The van der Waals surface area contributed by atoms with Crippen molar-refractivity contribution in [2.45, 2.75) is 51.1 Å². The molecule has 4 aromatic rings. The van der Waals surface area contributed by atoms with Crippen molar-refractivity contribution in [2.24, 2.45) is 0 Å². The Morgan fingerprint density at radius 1 is 0.805 bits per heavy atom. The fraction of sp³-hybridized carbons (Fsp3) is 0.257. The zero-order valence-corrected chi connectivity index (χ0v) is 25.0. The third-order valence-corrected chi connectivity index (χ3v) is 12.7. The number of imide groups is 1. The number of amides is 2. The second-order valence-corrected chi connectivity index (χ2v) is 15.8. The van der Waals surface area contributed by atoms with E-state index in [-0.39, 0.29) is 30.0 Å². The quantitative estimate of drug-likeness (QED) is 0.229. The zero-order valence-electron chi connectivity index (χ0n) is 24.0. The number of cyclic esters (lactones) is 1. The number of aryl methyl sites for hydroxylation is 1. The molecule has 5 nitrogen and oxygen atoms in total. The molecule has 6 heteroatoms. The van der Waals surface area contributed by atoms with E-state index in [1.807, 2.05) is 66.7 Å². The number of ether oxygens (including phenoxy) is 1. The first-order valence-corrected chi connectivity index (χ1v) is 16.1. The van der Waals surface area contributed by atoms with Crippen molar-refractivity contribution in [1.82, 2.24) is 4.90 Å². The van der Waals surface area contributed by atoms with Gasteiger partial charge in [-0.3, -0.25) is 4.79 Å². The van der Waals surface area contributed by atoms with Crippen LogP contribution >= 0.6 is 0 Å². The fourth-order valence-electron chi connectivity index (χ4n) is 5.72.